The lowest BCUT2D eigenvalue weighted by molar-refractivity contribution is 0.867. The third-order valence-electron chi connectivity index (χ3n) is 3.77. The maximum absolute atomic E-state index is 5.85. The summed E-state index contributed by atoms with van der Waals surface area (Å²) in [4.78, 5) is 4.32. The Labute approximate surface area is 154 Å². The standard InChI is InChI=1S/C16H16B2N6S/c1-9-7-10(3-4-12(9)22-20-2)11-5-6-24-14(11)13(8-16(17,18)25)21-15(19)23-24/h3-7,25H,8H2,1-2H3,(H2,19,23). The number of aromatic nitrogens is 3. The molecule has 0 bridgehead atoms. The van der Waals surface area contributed by atoms with Crippen LogP contribution in [0.15, 0.2) is 40.7 Å². The summed E-state index contributed by atoms with van der Waals surface area (Å²) in [5.41, 5.74) is 11.0. The molecule has 2 N–H and O–H groups in total. The van der Waals surface area contributed by atoms with E-state index in [4.69, 9.17) is 21.4 Å². The molecule has 6 nitrogen and oxygen atoms in total. The fourth-order valence-electron chi connectivity index (χ4n) is 2.78. The number of azo groups is 1. The number of benzene rings is 1. The SMILES string of the molecule is [B]C([B])(S)Cc1nc(N)nn2ccc(-c3ccc(N=NC)c(C)c3)c12. The van der Waals surface area contributed by atoms with Crippen LogP contribution in [0.5, 0.6) is 0 Å². The number of nitrogens with two attached hydrogens (primary N) is 1. The predicted molar refractivity (Wildman–Crippen MR) is 105 cm³/mol. The Morgan fingerprint density at radius 3 is 2.72 bits per heavy atom. The fraction of sp³-hybridized carbons (Fsp3) is 0.250. The van der Waals surface area contributed by atoms with Crippen LogP contribution in [-0.2, 0) is 6.42 Å². The van der Waals surface area contributed by atoms with Crippen LogP contribution in [0.1, 0.15) is 11.3 Å². The zero-order valence-corrected chi connectivity index (χ0v) is 14.9. The van der Waals surface area contributed by atoms with Gasteiger partial charge in [-0.2, -0.15) is 22.9 Å². The van der Waals surface area contributed by atoms with Gasteiger partial charge in [-0.15, -0.1) is 5.10 Å². The van der Waals surface area contributed by atoms with Crippen molar-refractivity contribution in [3.63, 3.8) is 0 Å². The fourth-order valence-corrected chi connectivity index (χ4v) is 2.93. The first-order valence-corrected chi connectivity index (χ1v) is 8.08. The van der Waals surface area contributed by atoms with E-state index in [1.165, 1.54) is 0 Å². The zero-order valence-electron chi connectivity index (χ0n) is 14.0. The Kier molecular flexibility index (Phi) is 4.60. The predicted octanol–water partition coefficient (Wildman–Crippen LogP) is 2.46. The largest absolute Gasteiger partial charge is 0.367 e. The first-order chi connectivity index (χ1) is 11.8. The molecule has 0 saturated heterocycles. The maximum Gasteiger partial charge on any atom is 0.238 e. The minimum atomic E-state index is -1.20. The van der Waals surface area contributed by atoms with E-state index in [-0.39, 0.29) is 12.4 Å². The number of nitrogens with zero attached hydrogens (tertiary/aromatic N) is 5. The highest BCUT2D eigenvalue weighted by Gasteiger charge is 2.19. The normalized spacial score (nSPS) is 12.3. The molecule has 1 aromatic carbocycles. The van der Waals surface area contributed by atoms with Crippen molar-refractivity contribution in [2.45, 2.75) is 17.9 Å². The molecule has 0 unspecified atom stereocenters. The molecule has 0 spiro atoms. The van der Waals surface area contributed by atoms with Crippen molar-refractivity contribution in [3.05, 3.63) is 41.7 Å². The number of rotatable bonds is 4. The second-order valence-electron chi connectivity index (χ2n) is 5.91. The van der Waals surface area contributed by atoms with Gasteiger partial charge in [-0.1, -0.05) is 10.6 Å². The van der Waals surface area contributed by atoms with Crippen LogP contribution < -0.4 is 5.73 Å². The summed E-state index contributed by atoms with van der Waals surface area (Å²) in [5, 5.41) is 12.2. The molecule has 0 atom stereocenters. The van der Waals surface area contributed by atoms with Gasteiger partial charge < -0.3 is 5.73 Å². The van der Waals surface area contributed by atoms with Crippen molar-refractivity contribution in [3.8, 4) is 11.1 Å². The highest BCUT2D eigenvalue weighted by molar-refractivity contribution is 7.84. The van der Waals surface area contributed by atoms with Crippen LogP contribution in [0.4, 0.5) is 11.6 Å². The first-order valence-electron chi connectivity index (χ1n) is 7.63. The second-order valence-corrected chi connectivity index (χ2v) is 6.74. The molecule has 0 aliphatic heterocycles. The molecule has 4 radical (unpaired) electrons. The van der Waals surface area contributed by atoms with Crippen molar-refractivity contribution < 1.29 is 0 Å². The smallest absolute Gasteiger partial charge is 0.238 e. The number of nitrogen functional groups attached to an aromatic ring is 1. The molecule has 3 rings (SSSR count). The van der Waals surface area contributed by atoms with Crippen molar-refractivity contribution in [1.29, 1.82) is 0 Å². The van der Waals surface area contributed by atoms with Crippen molar-refractivity contribution in [2.24, 2.45) is 10.2 Å². The molecule has 0 fully saturated rings. The molecule has 122 valence electrons. The topological polar surface area (TPSA) is 80.9 Å². The summed E-state index contributed by atoms with van der Waals surface area (Å²) < 4.78 is 0.478. The minimum Gasteiger partial charge on any atom is -0.367 e. The van der Waals surface area contributed by atoms with Crippen LogP contribution in [0.25, 0.3) is 16.6 Å². The van der Waals surface area contributed by atoms with Crippen molar-refractivity contribution in [1.82, 2.24) is 14.6 Å². The van der Waals surface area contributed by atoms with Crippen LogP contribution in [-0.4, -0.2) is 41.9 Å². The molecule has 25 heavy (non-hydrogen) atoms. The third-order valence-corrected chi connectivity index (χ3v) is 3.92. The average molecular weight is 346 g/mol. The lowest BCUT2D eigenvalue weighted by atomic mass is 9.67. The van der Waals surface area contributed by atoms with Crippen LogP contribution in [0, 0.1) is 6.92 Å². The van der Waals surface area contributed by atoms with Gasteiger partial charge in [-0.05, 0) is 42.7 Å². The Hall–Kier alpha value is -2.28. The molecule has 0 aliphatic rings. The van der Waals surface area contributed by atoms with Gasteiger partial charge in [-0.25, -0.2) is 9.50 Å². The van der Waals surface area contributed by atoms with Crippen molar-refractivity contribution in [2.75, 3.05) is 12.8 Å². The quantitative estimate of drug-likeness (QED) is 0.433. The summed E-state index contributed by atoms with van der Waals surface area (Å²) >= 11 is 4.20. The first kappa shape index (κ1) is 17.5. The van der Waals surface area contributed by atoms with E-state index >= 15 is 0 Å². The summed E-state index contributed by atoms with van der Waals surface area (Å²) in [6.45, 7) is 1.99. The second kappa shape index (κ2) is 6.55. The molecule has 2 heterocycles. The highest BCUT2D eigenvalue weighted by atomic mass is 32.1. The van der Waals surface area contributed by atoms with Crippen molar-refractivity contribution >= 4 is 45.5 Å². The number of thiol groups is 1. The van der Waals surface area contributed by atoms with Crippen LogP contribution in [0.2, 0.25) is 0 Å². The average Bonchev–Trinajstić information content (AvgIpc) is 2.91. The number of anilines is 1. The Morgan fingerprint density at radius 2 is 2.08 bits per heavy atom. The minimum absolute atomic E-state index is 0.150. The number of hydrogen-bond acceptors (Lipinski definition) is 6. The lowest BCUT2D eigenvalue weighted by Gasteiger charge is -2.18. The molecule has 2 aromatic heterocycles. The van der Waals surface area contributed by atoms with Gasteiger partial charge in [-0.3, -0.25) is 0 Å². The van der Waals surface area contributed by atoms with Gasteiger partial charge in [0, 0.05) is 18.8 Å². The van der Waals surface area contributed by atoms with Gasteiger partial charge in [0.05, 0.1) is 32.6 Å². The monoisotopic (exact) mass is 346 g/mol. The van der Waals surface area contributed by atoms with E-state index in [9.17, 15) is 0 Å². The lowest BCUT2D eigenvalue weighted by Crippen LogP contribution is -2.26. The van der Waals surface area contributed by atoms with E-state index in [0.29, 0.717) is 5.69 Å². The highest BCUT2D eigenvalue weighted by Crippen LogP contribution is 2.32. The van der Waals surface area contributed by atoms with E-state index in [1.54, 1.807) is 11.6 Å². The number of hydrogen-bond donors (Lipinski definition) is 2. The molecular formula is C16H16B2N6S. The Bertz CT molecular complexity index is 961. The number of fused-ring (bicyclic) bond motifs is 1. The van der Waals surface area contributed by atoms with Gasteiger partial charge >= 0.3 is 0 Å². The van der Waals surface area contributed by atoms with E-state index in [0.717, 1.165) is 27.9 Å². The van der Waals surface area contributed by atoms with E-state index < -0.39 is 4.55 Å². The summed E-state index contributed by atoms with van der Waals surface area (Å²) in [6, 6.07) is 7.90. The van der Waals surface area contributed by atoms with Crippen LogP contribution >= 0.6 is 12.6 Å². The maximum atomic E-state index is 5.85. The van der Waals surface area contributed by atoms with Gasteiger partial charge in [0.25, 0.3) is 0 Å². The molecule has 0 amide bonds. The Balaban J connectivity index is 2.19. The molecule has 0 aliphatic carbocycles. The van der Waals surface area contributed by atoms with E-state index in [1.807, 2.05) is 37.4 Å². The summed E-state index contributed by atoms with van der Waals surface area (Å²) in [7, 11) is 13.3. The summed E-state index contributed by atoms with van der Waals surface area (Å²) in [5.74, 6) is 0.150. The van der Waals surface area contributed by atoms with Gasteiger partial charge in [0.1, 0.15) is 0 Å². The zero-order chi connectivity index (χ0) is 18.2. The third kappa shape index (κ3) is 3.71. The van der Waals surface area contributed by atoms with E-state index in [2.05, 4.69) is 32.9 Å². The Morgan fingerprint density at radius 1 is 1.32 bits per heavy atom. The molecule has 0 saturated carbocycles. The summed E-state index contributed by atoms with van der Waals surface area (Å²) in [6.07, 6.45) is 2.07. The molecular weight excluding hydrogens is 330 g/mol. The van der Waals surface area contributed by atoms with Crippen LogP contribution in [0.3, 0.4) is 0 Å². The molecule has 9 heteroatoms. The molecule has 3 aromatic rings. The van der Waals surface area contributed by atoms with Gasteiger partial charge in [0.15, 0.2) is 0 Å². The number of aryl methyl sites for hydroxylation is 1. The van der Waals surface area contributed by atoms with Gasteiger partial charge in [0.2, 0.25) is 5.95 Å².